The standard InChI is InChI=1S/C16H14ClN7O2S/c1-22-9-4-6-27-13(9)15(26)23(2)10-8-18-16(20-14(10)22)19-11-3-5-24(21-11)12(25)7-17/h3-6,8H,7H2,1-2H3,(H,18,19,20,21). The summed E-state index contributed by atoms with van der Waals surface area (Å²) in [7, 11) is 3.54. The van der Waals surface area contributed by atoms with Crippen LogP contribution in [-0.4, -0.2) is 51.5 Å². The first-order valence-electron chi connectivity index (χ1n) is 7.87. The zero-order valence-corrected chi connectivity index (χ0v) is 16.0. The van der Waals surface area contributed by atoms with E-state index in [1.165, 1.54) is 22.4 Å². The van der Waals surface area contributed by atoms with E-state index in [2.05, 4.69) is 20.4 Å². The highest BCUT2D eigenvalue weighted by Crippen LogP contribution is 2.40. The number of carbonyl (C=O) groups excluding carboxylic acids is 2. The Balaban J connectivity index is 1.70. The molecule has 0 saturated heterocycles. The normalized spacial score (nSPS) is 13.2. The smallest absolute Gasteiger partial charge is 0.270 e. The first-order valence-corrected chi connectivity index (χ1v) is 9.29. The van der Waals surface area contributed by atoms with Gasteiger partial charge in [-0.05, 0) is 11.4 Å². The summed E-state index contributed by atoms with van der Waals surface area (Å²) in [6, 6.07) is 3.51. The molecule has 0 fully saturated rings. The fourth-order valence-corrected chi connectivity index (χ4v) is 3.74. The molecule has 11 heteroatoms. The van der Waals surface area contributed by atoms with Crippen LogP contribution in [0.2, 0.25) is 0 Å². The molecule has 1 N–H and O–H groups in total. The van der Waals surface area contributed by atoms with Crippen molar-refractivity contribution < 1.29 is 9.59 Å². The molecule has 3 aromatic rings. The molecule has 0 saturated carbocycles. The van der Waals surface area contributed by atoms with E-state index in [1.807, 2.05) is 23.4 Å². The molecule has 1 aliphatic rings. The number of hydrogen-bond donors (Lipinski definition) is 1. The van der Waals surface area contributed by atoms with Crippen molar-refractivity contribution in [2.75, 3.05) is 35.1 Å². The molecule has 0 unspecified atom stereocenters. The molecule has 3 aromatic heterocycles. The fraction of sp³-hybridized carbons (Fsp3) is 0.188. The predicted octanol–water partition coefficient (Wildman–Crippen LogP) is 2.72. The second-order valence-corrected chi connectivity index (χ2v) is 6.94. The third-order valence-electron chi connectivity index (χ3n) is 4.13. The Bertz CT molecular complexity index is 1050. The van der Waals surface area contributed by atoms with E-state index in [1.54, 1.807) is 19.3 Å². The molecule has 1 amide bonds. The van der Waals surface area contributed by atoms with Crippen LogP contribution < -0.4 is 15.1 Å². The second kappa shape index (κ2) is 6.63. The Morgan fingerprint density at radius 2 is 2.07 bits per heavy atom. The van der Waals surface area contributed by atoms with Crippen LogP contribution in [0.3, 0.4) is 0 Å². The van der Waals surface area contributed by atoms with E-state index in [0.29, 0.717) is 28.1 Å². The van der Waals surface area contributed by atoms with E-state index < -0.39 is 0 Å². The van der Waals surface area contributed by atoms with Gasteiger partial charge in [0.05, 0.1) is 11.9 Å². The molecule has 0 radical (unpaired) electrons. The largest absolute Gasteiger partial charge is 0.326 e. The minimum absolute atomic E-state index is 0.103. The van der Waals surface area contributed by atoms with E-state index in [-0.39, 0.29) is 17.7 Å². The molecule has 0 spiro atoms. The zero-order valence-electron chi connectivity index (χ0n) is 14.4. The van der Waals surface area contributed by atoms with Crippen LogP contribution in [0.25, 0.3) is 0 Å². The average molecular weight is 404 g/mol. The highest BCUT2D eigenvalue weighted by atomic mass is 35.5. The third kappa shape index (κ3) is 2.92. The number of hydrogen-bond acceptors (Lipinski definition) is 8. The van der Waals surface area contributed by atoms with Crippen molar-refractivity contribution in [2.45, 2.75) is 0 Å². The molecule has 0 aliphatic carbocycles. The van der Waals surface area contributed by atoms with Gasteiger partial charge in [0.2, 0.25) is 5.95 Å². The van der Waals surface area contributed by atoms with Crippen LogP contribution in [0.15, 0.2) is 29.9 Å². The number of aromatic nitrogens is 4. The van der Waals surface area contributed by atoms with Gasteiger partial charge in [-0.3, -0.25) is 9.59 Å². The van der Waals surface area contributed by atoms with Crippen LogP contribution in [0.5, 0.6) is 0 Å². The quantitative estimate of drug-likeness (QED) is 0.671. The number of alkyl halides is 1. The number of nitrogens with zero attached hydrogens (tertiary/aromatic N) is 6. The van der Waals surface area contributed by atoms with Crippen LogP contribution in [-0.2, 0) is 0 Å². The molecule has 4 rings (SSSR count). The topological polar surface area (TPSA) is 96.2 Å². The maximum atomic E-state index is 12.7. The Kier molecular flexibility index (Phi) is 4.28. The highest BCUT2D eigenvalue weighted by Gasteiger charge is 2.30. The number of fused-ring (bicyclic) bond motifs is 2. The summed E-state index contributed by atoms with van der Waals surface area (Å²) in [5.41, 5.74) is 1.39. The fourth-order valence-electron chi connectivity index (χ4n) is 2.72. The summed E-state index contributed by atoms with van der Waals surface area (Å²) in [6.45, 7) is 0. The lowest BCUT2D eigenvalue weighted by molar-refractivity contribution is 0.0924. The molecular formula is C16H14ClN7O2S. The zero-order chi connectivity index (χ0) is 19.1. The van der Waals surface area contributed by atoms with Crippen molar-refractivity contribution in [3.05, 3.63) is 34.8 Å². The van der Waals surface area contributed by atoms with Gasteiger partial charge in [0, 0.05) is 26.4 Å². The Labute approximate surface area is 163 Å². The van der Waals surface area contributed by atoms with Crippen LogP contribution in [0, 0.1) is 0 Å². The van der Waals surface area contributed by atoms with Gasteiger partial charge in [-0.15, -0.1) is 28.0 Å². The number of thiophene rings is 1. The summed E-state index contributed by atoms with van der Waals surface area (Å²) >= 11 is 6.92. The summed E-state index contributed by atoms with van der Waals surface area (Å²) in [6.07, 6.45) is 3.09. The molecule has 1 aliphatic heterocycles. The van der Waals surface area contributed by atoms with Crippen molar-refractivity contribution >= 4 is 63.7 Å². The first-order chi connectivity index (χ1) is 13.0. The molecular weight excluding hydrogens is 390 g/mol. The molecule has 4 heterocycles. The van der Waals surface area contributed by atoms with Gasteiger partial charge >= 0.3 is 0 Å². The van der Waals surface area contributed by atoms with E-state index in [0.717, 1.165) is 10.4 Å². The van der Waals surface area contributed by atoms with Gasteiger partial charge in [0.25, 0.3) is 11.8 Å². The molecule has 0 aromatic carbocycles. The summed E-state index contributed by atoms with van der Waals surface area (Å²) in [5.74, 6) is 0.682. The Hall–Kier alpha value is -2.98. The monoisotopic (exact) mass is 403 g/mol. The van der Waals surface area contributed by atoms with Crippen molar-refractivity contribution in [3.63, 3.8) is 0 Å². The first kappa shape index (κ1) is 17.4. The number of carbonyl (C=O) groups is 2. The summed E-state index contributed by atoms with van der Waals surface area (Å²) in [5, 5.41) is 8.93. The average Bonchev–Trinajstić information content (AvgIpc) is 3.33. The SMILES string of the molecule is CN1C(=O)c2sccc2N(C)c2nc(Nc3ccn(C(=O)CCl)n3)ncc21. The molecule has 9 nitrogen and oxygen atoms in total. The molecule has 27 heavy (non-hydrogen) atoms. The highest BCUT2D eigenvalue weighted by molar-refractivity contribution is 7.12. The van der Waals surface area contributed by atoms with Gasteiger partial charge in [-0.25, -0.2) is 9.67 Å². The van der Waals surface area contributed by atoms with E-state index in [4.69, 9.17) is 11.6 Å². The number of rotatable bonds is 3. The minimum atomic E-state index is -0.336. The number of halogens is 1. The Morgan fingerprint density at radius 3 is 2.85 bits per heavy atom. The lowest BCUT2D eigenvalue weighted by Crippen LogP contribution is -2.25. The maximum absolute atomic E-state index is 12.7. The molecule has 138 valence electrons. The van der Waals surface area contributed by atoms with Crippen molar-refractivity contribution in [1.82, 2.24) is 19.7 Å². The van der Waals surface area contributed by atoms with Crippen LogP contribution in [0.4, 0.5) is 29.0 Å². The third-order valence-corrected chi connectivity index (χ3v) is 5.25. The van der Waals surface area contributed by atoms with Crippen molar-refractivity contribution in [1.29, 1.82) is 0 Å². The van der Waals surface area contributed by atoms with Gasteiger partial charge in [-0.2, -0.15) is 4.98 Å². The number of nitrogens with one attached hydrogen (secondary N) is 1. The lowest BCUT2D eigenvalue weighted by atomic mass is 10.3. The molecule has 0 bridgehead atoms. The minimum Gasteiger partial charge on any atom is -0.326 e. The maximum Gasteiger partial charge on any atom is 0.270 e. The van der Waals surface area contributed by atoms with Crippen LogP contribution >= 0.6 is 22.9 Å². The van der Waals surface area contributed by atoms with Gasteiger partial charge in [-0.1, -0.05) is 0 Å². The van der Waals surface area contributed by atoms with Gasteiger partial charge in [0.15, 0.2) is 11.6 Å². The predicted molar refractivity (Wildman–Crippen MR) is 104 cm³/mol. The second-order valence-electron chi connectivity index (χ2n) is 5.76. The van der Waals surface area contributed by atoms with Gasteiger partial charge < -0.3 is 15.1 Å². The van der Waals surface area contributed by atoms with Crippen LogP contribution in [0.1, 0.15) is 14.5 Å². The number of anilines is 5. The van der Waals surface area contributed by atoms with Gasteiger partial charge in [0.1, 0.15) is 16.4 Å². The van der Waals surface area contributed by atoms with Crippen molar-refractivity contribution in [2.24, 2.45) is 0 Å². The molecule has 0 atom stereocenters. The number of amides is 1. The summed E-state index contributed by atoms with van der Waals surface area (Å²) < 4.78 is 1.15. The van der Waals surface area contributed by atoms with Crippen molar-refractivity contribution in [3.8, 4) is 0 Å². The Morgan fingerprint density at radius 1 is 1.26 bits per heavy atom. The summed E-state index contributed by atoms with van der Waals surface area (Å²) in [4.78, 5) is 37.1. The van der Waals surface area contributed by atoms with E-state index in [9.17, 15) is 9.59 Å². The van der Waals surface area contributed by atoms with E-state index >= 15 is 0 Å². The lowest BCUT2D eigenvalue weighted by Gasteiger charge is -2.20.